The zero-order valence-corrected chi connectivity index (χ0v) is 14.8. The van der Waals surface area contributed by atoms with Gasteiger partial charge in [-0.1, -0.05) is 12.1 Å². The maximum absolute atomic E-state index is 12.2. The van der Waals surface area contributed by atoms with Crippen LogP contribution in [0.2, 0.25) is 0 Å². The van der Waals surface area contributed by atoms with Crippen LogP contribution in [0.15, 0.2) is 51.6 Å². The van der Waals surface area contributed by atoms with Gasteiger partial charge in [0.1, 0.15) is 11.2 Å². The number of aromatic nitrogens is 2. The Morgan fingerprint density at radius 3 is 2.83 bits per heavy atom. The fourth-order valence-corrected chi connectivity index (χ4v) is 3.56. The van der Waals surface area contributed by atoms with Crippen LogP contribution < -0.4 is 10.9 Å². The number of fused-ring (bicyclic) bond motifs is 1. The number of carbonyl (C=O) groups is 1. The topological polar surface area (TPSA) is 64.0 Å². The molecule has 0 aliphatic heterocycles. The number of carbonyl (C=O) groups excluding carboxylic acids is 1. The highest BCUT2D eigenvalue weighted by Gasteiger charge is 2.09. The first-order chi connectivity index (χ1) is 11.7. The van der Waals surface area contributed by atoms with Crippen molar-refractivity contribution in [1.82, 2.24) is 15.1 Å². The molecule has 1 aromatic carbocycles. The molecule has 5 nitrogen and oxygen atoms in total. The second-order valence-corrected chi connectivity index (χ2v) is 7.06. The Morgan fingerprint density at radius 1 is 1.29 bits per heavy atom. The van der Waals surface area contributed by atoms with Gasteiger partial charge in [0.15, 0.2) is 0 Å². The number of hydrogen-bond acceptors (Lipinski definition) is 5. The molecule has 0 aliphatic rings. The van der Waals surface area contributed by atoms with Gasteiger partial charge in [-0.25, -0.2) is 4.68 Å². The molecule has 24 heavy (non-hydrogen) atoms. The van der Waals surface area contributed by atoms with Crippen LogP contribution in [0, 0.1) is 0 Å². The predicted molar refractivity (Wildman–Crippen MR) is 98.8 cm³/mol. The third kappa shape index (κ3) is 3.85. The van der Waals surface area contributed by atoms with Gasteiger partial charge in [-0.3, -0.25) is 9.59 Å². The number of thiophene rings is 1. The van der Waals surface area contributed by atoms with Gasteiger partial charge in [0.2, 0.25) is 5.91 Å². The zero-order chi connectivity index (χ0) is 16.9. The Balaban J connectivity index is 1.54. The molecule has 0 saturated carbocycles. The summed E-state index contributed by atoms with van der Waals surface area (Å²) >= 11 is 3.07. The third-order valence-electron chi connectivity index (χ3n) is 3.65. The number of rotatable bonds is 6. The second kappa shape index (κ2) is 7.63. The molecule has 0 fully saturated rings. The minimum absolute atomic E-state index is 0.0575. The number of benzene rings is 1. The molecule has 2 heterocycles. The van der Waals surface area contributed by atoms with Gasteiger partial charge >= 0.3 is 0 Å². The highest BCUT2D eigenvalue weighted by Crippen LogP contribution is 2.15. The summed E-state index contributed by atoms with van der Waals surface area (Å²) < 4.78 is 1.84. The highest BCUT2D eigenvalue weighted by molar-refractivity contribution is 7.98. The van der Waals surface area contributed by atoms with E-state index in [-0.39, 0.29) is 18.0 Å². The van der Waals surface area contributed by atoms with E-state index in [2.05, 4.69) is 34.7 Å². The minimum atomic E-state index is -0.217. The molecule has 0 unspecified atom stereocenters. The van der Waals surface area contributed by atoms with Crippen molar-refractivity contribution in [3.05, 3.63) is 57.8 Å². The van der Waals surface area contributed by atoms with E-state index in [1.165, 1.54) is 26.5 Å². The van der Waals surface area contributed by atoms with Gasteiger partial charge in [0.25, 0.3) is 5.56 Å². The Kier molecular flexibility index (Phi) is 5.32. The molecule has 0 spiro atoms. The molecule has 3 aromatic rings. The Labute approximate surface area is 147 Å². The van der Waals surface area contributed by atoms with Crippen molar-refractivity contribution in [1.29, 1.82) is 0 Å². The first kappa shape index (κ1) is 16.7. The number of hydrogen-bond donors (Lipinski definition) is 1. The van der Waals surface area contributed by atoms with E-state index in [1.54, 1.807) is 18.0 Å². The van der Waals surface area contributed by atoms with E-state index in [0.717, 1.165) is 11.8 Å². The molecule has 7 heteroatoms. The summed E-state index contributed by atoms with van der Waals surface area (Å²) in [5.41, 5.74) is 0.953. The summed E-state index contributed by atoms with van der Waals surface area (Å²) in [6.07, 6.45) is 4.42. The van der Waals surface area contributed by atoms with Crippen LogP contribution in [0.3, 0.4) is 0 Å². The zero-order valence-electron chi connectivity index (χ0n) is 13.2. The van der Waals surface area contributed by atoms with Gasteiger partial charge in [0.05, 0.1) is 6.20 Å². The number of thioether (sulfide) groups is 1. The third-order valence-corrected chi connectivity index (χ3v) is 5.31. The quantitative estimate of drug-likeness (QED) is 0.687. The van der Waals surface area contributed by atoms with Crippen molar-refractivity contribution in [3.8, 4) is 0 Å². The summed E-state index contributed by atoms with van der Waals surface area (Å²) in [4.78, 5) is 25.4. The largest absolute Gasteiger partial charge is 0.354 e. The molecule has 0 radical (unpaired) electrons. The first-order valence-corrected chi connectivity index (χ1v) is 9.61. The molecular formula is C17H17N3O2S2. The maximum atomic E-state index is 12.2. The lowest BCUT2D eigenvalue weighted by Crippen LogP contribution is -2.34. The van der Waals surface area contributed by atoms with Crippen LogP contribution in [-0.4, -0.2) is 28.5 Å². The number of nitrogens with one attached hydrogen (secondary N) is 1. The van der Waals surface area contributed by atoms with Crippen molar-refractivity contribution < 1.29 is 4.79 Å². The van der Waals surface area contributed by atoms with Crippen molar-refractivity contribution in [3.63, 3.8) is 0 Å². The molecular weight excluding hydrogens is 342 g/mol. The lowest BCUT2D eigenvalue weighted by molar-refractivity contribution is -0.121. The van der Waals surface area contributed by atoms with Crippen LogP contribution in [-0.2, 0) is 17.8 Å². The van der Waals surface area contributed by atoms with Gasteiger partial charge in [-0.15, -0.1) is 23.1 Å². The molecule has 0 bridgehead atoms. The maximum Gasteiger partial charge on any atom is 0.285 e. The summed E-state index contributed by atoms with van der Waals surface area (Å²) in [7, 11) is 0. The van der Waals surface area contributed by atoms with Crippen LogP contribution >= 0.6 is 23.1 Å². The van der Waals surface area contributed by atoms with Crippen molar-refractivity contribution in [2.45, 2.75) is 17.9 Å². The lowest BCUT2D eigenvalue weighted by atomic mass is 10.1. The van der Waals surface area contributed by atoms with Crippen molar-refractivity contribution >= 4 is 39.1 Å². The molecule has 1 N–H and O–H groups in total. The SMILES string of the molecule is CSc1ccc(CCNC(=O)Cn2ncc3ccsc3c2=O)cc1. The van der Waals surface area contributed by atoms with Gasteiger partial charge in [-0.2, -0.15) is 5.10 Å². The Hall–Kier alpha value is -2.12. The van der Waals surface area contributed by atoms with Crippen LogP contribution in [0.4, 0.5) is 0 Å². The van der Waals surface area contributed by atoms with Crippen LogP contribution in [0.1, 0.15) is 5.56 Å². The number of amides is 1. The van der Waals surface area contributed by atoms with E-state index < -0.39 is 0 Å². The molecule has 1 amide bonds. The Bertz CT molecular complexity index is 900. The summed E-state index contributed by atoms with van der Waals surface area (Å²) in [6.45, 7) is 0.478. The standard InChI is InChI=1S/C17H17N3O2S2/c1-23-14-4-2-12(3-5-14)6-8-18-15(21)11-20-17(22)16-13(10-19-20)7-9-24-16/h2-5,7,9-10H,6,8,11H2,1H3,(H,18,21). The van der Waals surface area contributed by atoms with E-state index in [1.807, 2.05) is 17.7 Å². The lowest BCUT2D eigenvalue weighted by Gasteiger charge is -2.07. The second-order valence-electron chi connectivity index (χ2n) is 5.26. The average Bonchev–Trinajstić information content (AvgIpc) is 3.07. The van der Waals surface area contributed by atoms with Gasteiger partial charge in [0, 0.05) is 16.8 Å². The summed E-state index contributed by atoms with van der Waals surface area (Å²) in [5, 5.41) is 9.55. The van der Waals surface area contributed by atoms with Gasteiger partial charge in [-0.05, 0) is 41.8 Å². The van der Waals surface area contributed by atoms with Crippen molar-refractivity contribution in [2.24, 2.45) is 0 Å². The first-order valence-electron chi connectivity index (χ1n) is 7.50. The smallest absolute Gasteiger partial charge is 0.285 e. The minimum Gasteiger partial charge on any atom is -0.354 e. The fraction of sp³-hybridized carbons (Fsp3) is 0.235. The molecule has 2 aromatic heterocycles. The van der Waals surface area contributed by atoms with E-state index >= 15 is 0 Å². The predicted octanol–water partition coefficient (Wildman–Crippen LogP) is 2.54. The molecule has 0 atom stereocenters. The number of nitrogens with zero attached hydrogens (tertiary/aromatic N) is 2. The summed E-state index contributed by atoms with van der Waals surface area (Å²) in [6, 6.07) is 10.1. The van der Waals surface area contributed by atoms with E-state index in [4.69, 9.17) is 0 Å². The van der Waals surface area contributed by atoms with E-state index in [9.17, 15) is 9.59 Å². The summed E-state index contributed by atoms with van der Waals surface area (Å²) in [5.74, 6) is -0.207. The monoisotopic (exact) mass is 359 g/mol. The molecule has 0 aliphatic carbocycles. The van der Waals surface area contributed by atoms with Crippen LogP contribution in [0.5, 0.6) is 0 Å². The van der Waals surface area contributed by atoms with Crippen molar-refractivity contribution in [2.75, 3.05) is 12.8 Å². The molecule has 124 valence electrons. The molecule has 3 rings (SSSR count). The van der Waals surface area contributed by atoms with Gasteiger partial charge < -0.3 is 5.32 Å². The Morgan fingerprint density at radius 2 is 2.08 bits per heavy atom. The average molecular weight is 359 g/mol. The highest BCUT2D eigenvalue weighted by atomic mass is 32.2. The molecule has 0 saturated heterocycles. The van der Waals surface area contributed by atoms with Crippen LogP contribution in [0.25, 0.3) is 10.1 Å². The normalized spacial score (nSPS) is 10.9. The fourth-order valence-electron chi connectivity index (χ4n) is 2.34. The van der Waals surface area contributed by atoms with E-state index in [0.29, 0.717) is 11.2 Å².